The molecular weight excluding hydrogens is 419 g/mol. The maximum absolute atomic E-state index is 13.3. The van der Waals surface area contributed by atoms with E-state index in [-0.39, 0.29) is 23.7 Å². The highest BCUT2D eigenvalue weighted by Gasteiger charge is 2.37. The molecule has 0 saturated carbocycles. The van der Waals surface area contributed by atoms with Crippen LogP contribution in [0.3, 0.4) is 0 Å². The molecule has 1 atom stereocenters. The van der Waals surface area contributed by atoms with E-state index in [2.05, 4.69) is 9.88 Å². The Bertz CT molecular complexity index is 1160. The number of pyridine rings is 1. The monoisotopic (exact) mass is 446 g/mol. The van der Waals surface area contributed by atoms with Gasteiger partial charge in [0.05, 0.1) is 6.04 Å². The smallest absolute Gasteiger partial charge is 0.273 e. The number of fused-ring (bicyclic) bond motifs is 1. The lowest BCUT2D eigenvalue weighted by Crippen LogP contribution is -2.44. The quantitative estimate of drug-likeness (QED) is 0.617. The van der Waals surface area contributed by atoms with E-state index < -0.39 is 0 Å². The summed E-state index contributed by atoms with van der Waals surface area (Å²) in [7, 11) is 0. The molecule has 2 aliphatic heterocycles. The third kappa shape index (κ3) is 4.46. The number of hydrogen-bond acceptors (Lipinski definition) is 4. The van der Waals surface area contributed by atoms with Crippen molar-refractivity contribution in [1.29, 1.82) is 0 Å². The molecule has 2 aromatic carbocycles. The summed E-state index contributed by atoms with van der Waals surface area (Å²) in [6.45, 7) is 3.87. The van der Waals surface area contributed by atoms with Crippen LogP contribution < -0.4 is 0 Å². The van der Waals surface area contributed by atoms with Gasteiger partial charge < -0.3 is 9.80 Å². The van der Waals surface area contributed by atoms with Gasteiger partial charge in [-0.2, -0.15) is 0 Å². The molecule has 1 aromatic heterocycles. The molecule has 33 heavy (non-hydrogen) atoms. The molecule has 0 aliphatic carbocycles. The molecule has 5 rings (SSSR count). The van der Waals surface area contributed by atoms with E-state index in [9.17, 15) is 14.0 Å². The maximum Gasteiger partial charge on any atom is 0.273 e. The van der Waals surface area contributed by atoms with Crippen LogP contribution in [0.4, 0.5) is 4.39 Å². The number of nitrogens with zero attached hydrogens (tertiary/aromatic N) is 4. The lowest BCUT2D eigenvalue weighted by atomic mass is 10.1. The van der Waals surface area contributed by atoms with Gasteiger partial charge in [0.1, 0.15) is 11.5 Å². The molecule has 6 nitrogen and oxygen atoms in total. The number of hydrogen-bond donors (Lipinski definition) is 0. The Morgan fingerprint density at radius 2 is 1.79 bits per heavy atom. The Morgan fingerprint density at radius 1 is 0.970 bits per heavy atom. The number of aromatic nitrogens is 1. The van der Waals surface area contributed by atoms with E-state index in [1.54, 1.807) is 18.3 Å². The van der Waals surface area contributed by atoms with Crippen molar-refractivity contribution in [2.75, 3.05) is 32.7 Å². The summed E-state index contributed by atoms with van der Waals surface area (Å²) in [6.07, 6.45) is 3.28. The van der Waals surface area contributed by atoms with Gasteiger partial charge in [-0.3, -0.25) is 19.5 Å². The van der Waals surface area contributed by atoms with Gasteiger partial charge in [0, 0.05) is 50.9 Å². The van der Waals surface area contributed by atoms with Gasteiger partial charge in [-0.25, -0.2) is 4.39 Å². The van der Waals surface area contributed by atoms with Gasteiger partial charge in [0.25, 0.3) is 5.91 Å². The van der Waals surface area contributed by atoms with Gasteiger partial charge in [0.15, 0.2) is 0 Å². The number of halogens is 1. The maximum atomic E-state index is 13.3. The number of carbonyl (C=O) groups is 2. The van der Waals surface area contributed by atoms with Crippen LogP contribution in [0.2, 0.25) is 0 Å². The predicted molar refractivity (Wildman–Crippen MR) is 124 cm³/mol. The summed E-state index contributed by atoms with van der Waals surface area (Å²) in [4.78, 5) is 36.7. The van der Waals surface area contributed by atoms with Crippen molar-refractivity contribution >= 4 is 22.6 Å². The molecule has 7 heteroatoms. The normalized spacial score (nSPS) is 19.8. The first kappa shape index (κ1) is 21.5. The number of rotatable bonds is 4. The summed E-state index contributed by atoms with van der Waals surface area (Å²) in [5.74, 6) is -0.203. The lowest BCUT2D eigenvalue weighted by molar-refractivity contribution is -0.132. The van der Waals surface area contributed by atoms with Crippen LogP contribution in [0, 0.1) is 5.82 Å². The second-order valence-electron chi connectivity index (χ2n) is 8.75. The fraction of sp³-hybridized carbons (Fsp3) is 0.346. The van der Waals surface area contributed by atoms with Crippen molar-refractivity contribution in [3.63, 3.8) is 0 Å². The number of amides is 2. The largest absolute Gasteiger partial charge is 0.337 e. The van der Waals surface area contributed by atoms with Crippen LogP contribution in [0.5, 0.6) is 0 Å². The molecule has 0 spiro atoms. The average Bonchev–Trinajstić information content (AvgIpc) is 3.04. The lowest BCUT2D eigenvalue weighted by Gasteiger charge is -2.26. The Balaban J connectivity index is 1.23. The minimum atomic E-state index is -0.272. The summed E-state index contributed by atoms with van der Waals surface area (Å²) < 4.78 is 13.2. The van der Waals surface area contributed by atoms with Crippen LogP contribution in [-0.2, 0) is 11.3 Å². The summed E-state index contributed by atoms with van der Waals surface area (Å²) in [5.41, 5.74) is 1.42. The van der Waals surface area contributed by atoms with E-state index in [1.807, 2.05) is 40.1 Å². The van der Waals surface area contributed by atoms with Crippen molar-refractivity contribution in [3.8, 4) is 0 Å². The summed E-state index contributed by atoms with van der Waals surface area (Å²) in [5, 5.41) is 1.87. The molecule has 0 N–H and O–H groups in total. The topological polar surface area (TPSA) is 56.8 Å². The first-order valence-corrected chi connectivity index (χ1v) is 11.5. The fourth-order valence-electron chi connectivity index (χ4n) is 4.92. The van der Waals surface area contributed by atoms with Crippen molar-refractivity contribution in [3.05, 3.63) is 77.9 Å². The first-order chi connectivity index (χ1) is 16.1. The van der Waals surface area contributed by atoms with Crippen molar-refractivity contribution in [2.45, 2.75) is 25.4 Å². The Kier molecular flexibility index (Phi) is 6.05. The zero-order valence-electron chi connectivity index (χ0n) is 18.5. The van der Waals surface area contributed by atoms with Crippen molar-refractivity contribution in [2.24, 2.45) is 0 Å². The molecule has 0 bridgehead atoms. The second-order valence-corrected chi connectivity index (χ2v) is 8.75. The van der Waals surface area contributed by atoms with E-state index in [0.717, 1.165) is 35.7 Å². The molecule has 2 saturated heterocycles. The summed E-state index contributed by atoms with van der Waals surface area (Å²) in [6, 6.07) is 15.9. The number of carbonyl (C=O) groups excluding carboxylic acids is 2. The minimum Gasteiger partial charge on any atom is -0.337 e. The standard InChI is InChI=1S/C26H27FN4O2/c27-21-8-6-19(7-9-21)18-31-15-11-23(25(31)32)29-13-3-14-30(17-16-29)26(33)24-22-5-2-1-4-20(22)10-12-28-24/h1-2,4-10,12,23H,3,11,13-18H2/t23-/m0/s1. The zero-order valence-corrected chi connectivity index (χ0v) is 18.5. The molecule has 3 heterocycles. The summed E-state index contributed by atoms with van der Waals surface area (Å²) >= 11 is 0. The van der Waals surface area contributed by atoms with Crippen LogP contribution in [0.25, 0.3) is 10.8 Å². The fourth-order valence-corrected chi connectivity index (χ4v) is 4.92. The first-order valence-electron chi connectivity index (χ1n) is 11.5. The highest BCUT2D eigenvalue weighted by molar-refractivity contribution is 6.05. The van der Waals surface area contributed by atoms with E-state index in [1.165, 1.54) is 12.1 Å². The van der Waals surface area contributed by atoms with Gasteiger partial charge in [-0.1, -0.05) is 36.4 Å². The number of likely N-dealkylation sites (tertiary alicyclic amines) is 1. The highest BCUT2D eigenvalue weighted by Crippen LogP contribution is 2.23. The van der Waals surface area contributed by atoms with Crippen LogP contribution >= 0.6 is 0 Å². The molecule has 0 radical (unpaired) electrons. The van der Waals surface area contributed by atoms with Gasteiger partial charge in [-0.15, -0.1) is 0 Å². The predicted octanol–water partition coefficient (Wildman–Crippen LogP) is 3.32. The van der Waals surface area contributed by atoms with Crippen LogP contribution in [0.15, 0.2) is 60.8 Å². The Morgan fingerprint density at radius 3 is 2.64 bits per heavy atom. The zero-order chi connectivity index (χ0) is 22.8. The molecule has 2 aliphatic rings. The van der Waals surface area contributed by atoms with Gasteiger partial charge in [-0.05, 0) is 42.0 Å². The van der Waals surface area contributed by atoms with E-state index in [4.69, 9.17) is 0 Å². The van der Waals surface area contributed by atoms with Crippen molar-refractivity contribution < 1.29 is 14.0 Å². The molecule has 2 amide bonds. The molecule has 170 valence electrons. The van der Waals surface area contributed by atoms with Crippen molar-refractivity contribution in [1.82, 2.24) is 19.7 Å². The van der Waals surface area contributed by atoms with Gasteiger partial charge >= 0.3 is 0 Å². The van der Waals surface area contributed by atoms with Crippen LogP contribution in [0.1, 0.15) is 28.9 Å². The van der Waals surface area contributed by atoms with E-state index >= 15 is 0 Å². The third-order valence-electron chi connectivity index (χ3n) is 6.69. The molecule has 0 unspecified atom stereocenters. The van der Waals surface area contributed by atoms with Gasteiger partial charge in [0.2, 0.25) is 5.91 Å². The van der Waals surface area contributed by atoms with Crippen LogP contribution in [-0.4, -0.2) is 70.3 Å². The second kappa shape index (κ2) is 9.27. The molecular formula is C26H27FN4O2. The Hall–Kier alpha value is -3.32. The Labute approximate surface area is 192 Å². The number of benzene rings is 2. The third-order valence-corrected chi connectivity index (χ3v) is 6.69. The van der Waals surface area contributed by atoms with E-state index in [0.29, 0.717) is 38.4 Å². The SMILES string of the molecule is O=C(c1nccc2ccccc12)N1CCCN([C@H]2CCN(Cc3ccc(F)cc3)C2=O)CC1. The molecule has 3 aromatic rings. The average molecular weight is 447 g/mol. The highest BCUT2D eigenvalue weighted by atomic mass is 19.1. The minimum absolute atomic E-state index is 0.0515. The molecule has 2 fully saturated rings.